The number of benzene rings is 1. The minimum absolute atomic E-state index is 0.295. The van der Waals surface area contributed by atoms with Crippen LogP contribution in [0.2, 0.25) is 0 Å². The maximum atomic E-state index is 13.9. The molecule has 1 aliphatic heterocycles. The zero-order chi connectivity index (χ0) is 13.7. The number of halogens is 2. The maximum absolute atomic E-state index is 13.9. The van der Waals surface area contributed by atoms with Crippen LogP contribution in [0.25, 0.3) is 0 Å². The summed E-state index contributed by atoms with van der Waals surface area (Å²) < 4.78 is 38.2. The lowest BCUT2D eigenvalue weighted by molar-refractivity contribution is -0.102. The third-order valence-corrected chi connectivity index (χ3v) is 3.14. The first-order chi connectivity index (χ1) is 9.24. The molecule has 3 nitrogen and oxygen atoms in total. The highest BCUT2D eigenvalue weighted by Gasteiger charge is 2.29. The summed E-state index contributed by atoms with van der Waals surface area (Å²) in [5.74, 6) is -1.65. The van der Waals surface area contributed by atoms with E-state index < -0.39 is 17.7 Å². The minimum Gasteiger partial charge on any atom is -0.376 e. The second-order valence-electron chi connectivity index (χ2n) is 4.56. The molecule has 0 aromatic heterocycles. The number of hydrogen-bond donors (Lipinski definition) is 1. The molecule has 0 spiro atoms. The Labute approximate surface area is 111 Å². The van der Waals surface area contributed by atoms with Crippen LogP contribution in [-0.4, -0.2) is 32.5 Å². The monoisotopic (exact) mass is 271 g/mol. The van der Waals surface area contributed by atoms with Crippen molar-refractivity contribution in [3.05, 3.63) is 35.4 Å². The molecular formula is C14H19F2NO2. The summed E-state index contributed by atoms with van der Waals surface area (Å²) in [6.07, 6.45) is 0.609. The van der Waals surface area contributed by atoms with Gasteiger partial charge in [0.25, 0.3) is 0 Å². The Hall–Kier alpha value is -1.04. The van der Waals surface area contributed by atoms with Crippen LogP contribution >= 0.6 is 0 Å². The molecule has 1 fully saturated rings. The number of rotatable bonds is 5. The van der Waals surface area contributed by atoms with Crippen molar-refractivity contribution >= 4 is 0 Å². The van der Waals surface area contributed by atoms with Gasteiger partial charge >= 0.3 is 0 Å². The highest BCUT2D eigenvalue weighted by molar-refractivity contribution is 5.24. The summed E-state index contributed by atoms with van der Waals surface area (Å²) >= 11 is 0. The molecule has 1 N–H and O–H groups in total. The molecule has 1 aromatic rings. The molecule has 0 radical (unpaired) electrons. The van der Waals surface area contributed by atoms with E-state index in [1.807, 2.05) is 6.92 Å². The average Bonchev–Trinajstić information content (AvgIpc) is 2.45. The van der Waals surface area contributed by atoms with E-state index in [1.54, 1.807) is 6.07 Å². The highest BCUT2D eigenvalue weighted by Crippen LogP contribution is 2.25. The molecule has 2 unspecified atom stereocenters. The van der Waals surface area contributed by atoms with Gasteiger partial charge in [0.1, 0.15) is 6.10 Å². The summed E-state index contributed by atoms with van der Waals surface area (Å²) in [4.78, 5) is 0. The molecular weight excluding hydrogens is 252 g/mol. The Morgan fingerprint density at radius 1 is 1.37 bits per heavy atom. The van der Waals surface area contributed by atoms with Crippen molar-refractivity contribution in [1.82, 2.24) is 5.32 Å². The second-order valence-corrected chi connectivity index (χ2v) is 4.56. The summed E-state index contributed by atoms with van der Waals surface area (Å²) in [5.41, 5.74) is 0.295. The fraction of sp³-hybridized carbons (Fsp3) is 0.571. The molecule has 0 saturated carbocycles. The van der Waals surface area contributed by atoms with Gasteiger partial charge in [-0.1, -0.05) is 19.1 Å². The fourth-order valence-corrected chi connectivity index (χ4v) is 2.20. The Kier molecular flexibility index (Phi) is 5.24. The first-order valence-electron chi connectivity index (χ1n) is 6.60. The zero-order valence-electron chi connectivity index (χ0n) is 11.0. The van der Waals surface area contributed by atoms with Crippen LogP contribution < -0.4 is 5.32 Å². The molecule has 1 heterocycles. The number of ether oxygens (including phenoxy) is 2. The predicted molar refractivity (Wildman–Crippen MR) is 68.0 cm³/mol. The first kappa shape index (κ1) is 14.4. The van der Waals surface area contributed by atoms with Crippen molar-refractivity contribution in [1.29, 1.82) is 0 Å². The molecule has 1 saturated heterocycles. The van der Waals surface area contributed by atoms with Gasteiger partial charge in [-0.2, -0.15) is 0 Å². The normalized spacial score (nSPS) is 21.3. The molecule has 5 heteroatoms. The van der Waals surface area contributed by atoms with E-state index in [-0.39, 0.29) is 6.10 Å². The molecule has 2 atom stereocenters. The molecule has 106 valence electrons. The Morgan fingerprint density at radius 3 is 2.89 bits per heavy atom. The van der Waals surface area contributed by atoms with Crippen LogP contribution in [0, 0.1) is 11.6 Å². The molecule has 0 aliphatic carbocycles. The van der Waals surface area contributed by atoms with Crippen LogP contribution in [-0.2, 0) is 9.47 Å². The van der Waals surface area contributed by atoms with Crippen LogP contribution in [0.1, 0.15) is 24.9 Å². The summed E-state index contributed by atoms with van der Waals surface area (Å²) in [7, 11) is 0. The highest BCUT2D eigenvalue weighted by atomic mass is 19.2. The topological polar surface area (TPSA) is 30.5 Å². The van der Waals surface area contributed by atoms with E-state index in [0.29, 0.717) is 31.9 Å². The van der Waals surface area contributed by atoms with Crippen molar-refractivity contribution in [3.8, 4) is 0 Å². The van der Waals surface area contributed by atoms with Crippen molar-refractivity contribution in [3.63, 3.8) is 0 Å². The van der Waals surface area contributed by atoms with Gasteiger partial charge < -0.3 is 14.8 Å². The first-order valence-corrected chi connectivity index (χ1v) is 6.60. The summed E-state index contributed by atoms with van der Waals surface area (Å²) in [6.45, 7) is 4.14. The third kappa shape index (κ3) is 3.49. The van der Waals surface area contributed by atoms with Gasteiger partial charge in [0.2, 0.25) is 0 Å². The molecule has 1 aromatic carbocycles. The molecule has 2 rings (SSSR count). The lowest BCUT2D eigenvalue weighted by Gasteiger charge is -2.31. The van der Waals surface area contributed by atoms with Gasteiger partial charge in [-0.3, -0.25) is 0 Å². The smallest absolute Gasteiger partial charge is 0.163 e. The van der Waals surface area contributed by atoms with E-state index in [2.05, 4.69) is 5.32 Å². The van der Waals surface area contributed by atoms with Gasteiger partial charge in [-0.15, -0.1) is 0 Å². The van der Waals surface area contributed by atoms with E-state index in [0.717, 1.165) is 12.5 Å². The Balaban J connectivity index is 2.22. The standard InChI is InChI=1S/C14H19F2NO2/c1-2-6-17-14(12-9-18-7-8-19-12)10-4-3-5-11(15)13(10)16/h3-5,12,14,17H,2,6-9H2,1H3. The maximum Gasteiger partial charge on any atom is 0.163 e. The Bertz CT molecular complexity index is 408. The van der Waals surface area contributed by atoms with Crippen molar-refractivity contribution < 1.29 is 18.3 Å². The largest absolute Gasteiger partial charge is 0.376 e. The van der Waals surface area contributed by atoms with E-state index in [4.69, 9.17) is 9.47 Å². The lowest BCUT2D eigenvalue weighted by Crippen LogP contribution is -2.41. The van der Waals surface area contributed by atoms with Gasteiger partial charge in [0.05, 0.1) is 25.9 Å². The molecule has 1 aliphatic rings. The van der Waals surface area contributed by atoms with Crippen LogP contribution in [0.3, 0.4) is 0 Å². The second kappa shape index (κ2) is 6.93. The van der Waals surface area contributed by atoms with Crippen LogP contribution in [0.15, 0.2) is 18.2 Å². The van der Waals surface area contributed by atoms with Crippen molar-refractivity contribution in [2.75, 3.05) is 26.4 Å². The summed E-state index contributed by atoms with van der Waals surface area (Å²) in [6, 6.07) is 3.83. The molecule has 0 amide bonds. The predicted octanol–water partition coefficient (Wildman–Crippen LogP) is 2.42. The molecule has 0 bridgehead atoms. The van der Waals surface area contributed by atoms with Crippen LogP contribution in [0.5, 0.6) is 0 Å². The van der Waals surface area contributed by atoms with Gasteiger partial charge in [0, 0.05) is 5.56 Å². The van der Waals surface area contributed by atoms with Gasteiger partial charge in [-0.05, 0) is 19.0 Å². The minimum atomic E-state index is -0.836. The number of hydrogen-bond acceptors (Lipinski definition) is 3. The van der Waals surface area contributed by atoms with Crippen LogP contribution in [0.4, 0.5) is 8.78 Å². The summed E-state index contributed by atoms with van der Waals surface area (Å²) in [5, 5.41) is 3.21. The number of nitrogens with one attached hydrogen (secondary N) is 1. The van der Waals surface area contributed by atoms with Gasteiger partial charge in [-0.25, -0.2) is 8.78 Å². The van der Waals surface area contributed by atoms with E-state index in [9.17, 15) is 8.78 Å². The quantitative estimate of drug-likeness (QED) is 0.892. The van der Waals surface area contributed by atoms with E-state index >= 15 is 0 Å². The molecule has 19 heavy (non-hydrogen) atoms. The SMILES string of the molecule is CCCNC(c1cccc(F)c1F)C1COCCO1. The average molecular weight is 271 g/mol. The van der Waals surface area contributed by atoms with E-state index in [1.165, 1.54) is 6.07 Å². The zero-order valence-corrected chi connectivity index (χ0v) is 11.0. The fourth-order valence-electron chi connectivity index (χ4n) is 2.20. The third-order valence-electron chi connectivity index (χ3n) is 3.14. The van der Waals surface area contributed by atoms with Gasteiger partial charge in [0.15, 0.2) is 11.6 Å². The van der Waals surface area contributed by atoms with Crippen molar-refractivity contribution in [2.24, 2.45) is 0 Å². The lowest BCUT2D eigenvalue weighted by atomic mass is 10.00. The van der Waals surface area contributed by atoms with Crippen molar-refractivity contribution in [2.45, 2.75) is 25.5 Å². The Morgan fingerprint density at radius 2 is 2.21 bits per heavy atom.